The molecule has 0 saturated heterocycles. The van der Waals surface area contributed by atoms with Crippen LogP contribution in [0.2, 0.25) is 0 Å². The molecule has 5 heteroatoms. The first-order valence-corrected chi connectivity index (χ1v) is 7.34. The highest BCUT2D eigenvalue weighted by atomic mass is 32.1. The molecule has 2 aromatic rings. The maximum Gasteiger partial charge on any atom is 0.265 e. The van der Waals surface area contributed by atoms with Crippen LogP contribution in [-0.4, -0.2) is 18.6 Å². The smallest absolute Gasteiger partial charge is 0.265 e. The summed E-state index contributed by atoms with van der Waals surface area (Å²) in [5.41, 5.74) is 0. The highest BCUT2D eigenvalue weighted by molar-refractivity contribution is 7.10. The van der Waals surface area contributed by atoms with Crippen molar-refractivity contribution in [2.45, 2.75) is 19.1 Å². The summed E-state index contributed by atoms with van der Waals surface area (Å²) in [6.45, 7) is 2.20. The first kappa shape index (κ1) is 13.0. The number of benzene rings is 1. The van der Waals surface area contributed by atoms with Gasteiger partial charge >= 0.3 is 0 Å². The zero-order valence-corrected chi connectivity index (χ0v) is 11.9. The average Bonchev–Trinajstić information content (AvgIpc) is 3.01. The lowest BCUT2D eigenvalue weighted by molar-refractivity contribution is -0.131. The Morgan fingerprint density at radius 2 is 2.10 bits per heavy atom. The van der Waals surface area contributed by atoms with Gasteiger partial charge in [-0.15, -0.1) is 11.3 Å². The fourth-order valence-electron chi connectivity index (χ4n) is 2.06. The number of hydrogen-bond donors (Lipinski definition) is 1. The number of fused-ring (bicyclic) bond motifs is 1. The van der Waals surface area contributed by atoms with Gasteiger partial charge in [0.2, 0.25) is 6.10 Å². The first-order chi connectivity index (χ1) is 9.74. The summed E-state index contributed by atoms with van der Waals surface area (Å²) < 4.78 is 11.2. The number of para-hydroxylation sites is 2. The van der Waals surface area contributed by atoms with Crippen LogP contribution < -0.4 is 14.8 Å². The van der Waals surface area contributed by atoms with Gasteiger partial charge < -0.3 is 14.8 Å². The molecule has 2 atom stereocenters. The zero-order chi connectivity index (χ0) is 13.9. The molecule has 4 nitrogen and oxygen atoms in total. The van der Waals surface area contributed by atoms with Crippen LogP contribution >= 0.6 is 11.3 Å². The van der Waals surface area contributed by atoms with Gasteiger partial charge in [-0.2, -0.15) is 0 Å². The van der Waals surface area contributed by atoms with Gasteiger partial charge in [-0.3, -0.25) is 4.79 Å². The highest BCUT2D eigenvalue weighted by Gasteiger charge is 2.28. The Morgan fingerprint density at radius 1 is 1.30 bits per heavy atom. The van der Waals surface area contributed by atoms with Crippen molar-refractivity contribution in [2.24, 2.45) is 0 Å². The SMILES string of the molecule is C[C@H](NC(=O)[C@H]1COc2ccccc2O1)c1cccs1. The number of thiophene rings is 1. The fourth-order valence-corrected chi connectivity index (χ4v) is 2.80. The largest absolute Gasteiger partial charge is 0.485 e. The minimum atomic E-state index is -0.604. The molecule has 104 valence electrons. The van der Waals surface area contributed by atoms with E-state index < -0.39 is 6.10 Å². The van der Waals surface area contributed by atoms with Crippen molar-refractivity contribution in [3.8, 4) is 11.5 Å². The maximum absolute atomic E-state index is 12.2. The van der Waals surface area contributed by atoms with Crippen LogP contribution in [0.15, 0.2) is 41.8 Å². The molecule has 1 aromatic heterocycles. The molecule has 0 bridgehead atoms. The predicted octanol–water partition coefficient (Wildman–Crippen LogP) is 2.77. The minimum absolute atomic E-state index is 0.0247. The second kappa shape index (κ2) is 5.54. The number of hydrogen-bond acceptors (Lipinski definition) is 4. The van der Waals surface area contributed by atoms with E-state index in [1.165, 1.54) is 0 Å². The third-order valence-electron chi connectivity index (χ3n) is 3.13. The lowest BCUT2D eigenvalue weighted by Gasteiger charge is -2.26. The second-order valence-corrected chi connectivity index (χ2v) is 5.59. The molecule has 20 heavy (non-hydrogen) atoms. The van der Waals surface area contributed by atoms with Crippen LogP contribution in [0.25, 0.3) is 0 Å². The third-order valence-corrected chi connectivity index (χ3v) is 4.18. The summed E-state index contributed by atoms with van der Waals surface area (Å²) in [6, 6.07) is 11.3. The van der Waals surface area contributed by atoms with Crippen LogP contribution in [0.4, 0.5) is 0 Å². The van der Waals surface area contributed by atoms with E-state index >= 15 is 0 Å². The fraction of sp³-hybridized carbons (Fsp3) is 0.267. The molecule has 2 heterocycles. The second-order valence-electron chi connectivity index (χ2n) is 4.61. The van der Waals surface area contributed by atoms with E-state index in [1.54, 1.807) is 17.4 Å². The van der Waals surface area contributed by atoms with E-state index in [2.05, 4.69) is 5.32 Å². The van der Waals surface area contributed by atoms with Crippen molar-refractivity contribution in [2.75, 3.05) is 6.61 Å². The van der Waals surface area contributed by atoms with Crippen molar-refractivity contribution < 1.29 is 14.3 Å². The molecule has 0 spiro atoms. The Balaban J connectivity index is 1.64. The Hall–Kier alpha value is -2.01. The van der Waals surface area contributed by atoms with Crippen LogP contribution in [0.3, 0.4) is 0 Å². The van der Waals surface area contributed by atoms with Crippen LogP contribution in [0.5, 0.6) is 11.5 Å². The van der Waals surface area contributed by atoms with Gasteiger partial charge in [0.15, 0.2) is 11.5 Å². The molecule has 3 rings (SSSR count). The van der Waals surface area contributed by atoms with Gasteiger partial charge in [0.25, 0.3) is 5.91 Å². The van der Waals surface area contributed by atoms with Gasteiger partial charge in [-0.25, -0.2) is 0 Å². The van der Waals surface area contributed by atoms with Crippen molar-refractivity contribution in [3.63, 3.8) is 0 Å². The van der Waals surface area contributed by atoms with E-state index in [-0.39, 0.29) is 18.6 Å². The normalized spacial score (nSPS) is 18.4. The number of nitrogens with one attached hydrogen (secondary N) is 1. The Kier molecular flexibility index (Phi) is 3.60. The molecule has 0 fully saturated rings. The Labute approximate surface area is 121 Å². The maximum atomic E-state index is 12.2. The number of rotatable bonds is 3. The molecular weight excluding hydrogens is 274 g/mol. The molecule has 0 saturated carbocycles. The summed E-state index contributed by atoms with van der Waals surface area (Å²) in [6.07, 6.45) is -0.604. The summed E-state index contributed by atoms with van der Waals surface area (Å²) in [7, 11) is 0. The van der Waals surface area contributed by atoms with Gasteiger partial charge in [0, 0.05) is 4.88 Å². The van der Waals surface area contributed by atoms with E-state index in [0.29, 0.717) is 11.5 Å². The quantitative estimate of drug-likeness (QED) is 0.945. The summed E-state index contributed by atoms with van der Waals surface area (Å²) >= 11 is 1.62. The molecule has 1 amide bonds. The molecule has 1 aliphatic rings. The number of amides is 1. The summed E-state index contributed by atoms with van der Waals surface area (Å²) in [5.74, 6) is 1.14. The molecule has 0 unspecified atom stereocenters. The van der Waals surface area contributed by atoms with Crippen LogP contribution in [0, 0.1) is 0 Å². The van der Waals surface area contributed by atoms with Gasteiger partial charge in [0.1, 0.15) is 6.61 Å². The standard InChI is InChI=1S/C15H15NO3S/c1-10(14-7-4-8-20-14)16-15(17)13-9-18-11-5-2-3-6-12(11)19-13/h2-8,10,13H,9H2,1H3,(H,16,17)/t10-,13+/m0/s1. The van der Waals surface area contributed by atoms with E-state index in [0.717, 1.165) is 4.88 Å². The van der Waals surface area contributed by atoms with E-state index in [1.807, 2.05) is 42.6 Å². The van der Waals surface area contributed by atoms with Crippen molar-refractivity contribution in [3.05, 3.63) is 46.7 Å². The zero-order valence-electron chi connectivity index (χ0n) is 11.0. The van der Waals surface area contributed by atoms with Crippen molar-refractivity contribution in [1.29, 1.82) is 0 Å². The lowest BCUT2D eigenvalue weighted by Crippen LogP contribution is -2.44. The average molecular weight is 289 g/mol. The molecular formula is C15H15NO3S. The van der Waals surface area contributed by atoms with E-state index in [9.17, 15) is 4.79 Å². The Bertz CT molecular complexity index is 597. The van der Waals surface area contributed by atoms with Crippen molar-refractivity contribution >= 4 is 17.2 Å². The first-order valence-electron chi connectivity index (χ1n) is 6.46. The third kappa shape index (κ3) is 2.63. The number of carbonyl (C=O) groups is 1. The number of carbonyl (C=O) groups excluding carboxylic acids is 1. The topological polar surface area (TPSA) is 47.6 Å². The van der Waals surface area contributed by atoms with Gasteiger partial charge in [-0.05, 0) is 30.5 Å². The minimum Gasteiger partial charge on any atom is -0.485 e. The van der Waals surface area contributed by atoms with Crippen molar-refractivity contribution in [1.82, 2.24) is 5.32 Å². The van der Waals surface area contributed by atoms with Gasteiger partial charge in [0.05, 0.1) is 6.04 Å². The number of ether oxygens (including phenoxy) is 2. The lowest BCUT2D eigenvalue weighted by atomic mass is 10.2. The predicted molar refractivity (Wildman–Crippen MR) is 77.2 cm³/mol. The van der Waals surface area contributed by atoms with Crippen LogP contribution in [0.1, 0.15) is 17.8 Å². The molecule has 1 aromatic carbocycles. The molecule has 0 aliphatic carbocycles. The van der Waals surface area contributed by atoms with E-state index in [4.69, 9.17) is 9.47 Å². The molecule has 1 aliphatic heterocycles. The highest BCUT2D eigenvalue weighted by Crippen LogP contribution is 2.31. The van der Waals surface area contributed by atoms with Gasteiger partial charge in [-0.1, -0.05) is 18.2 Å². The molecule has 1 N–H and O–H groups in total. The molecule has 0 radical (unpaired) electrons. The Morgan fingerprint density at radius 3 is 2.85 bits per heavy atom. The summed E-state index contributed by atoms with van der Waals surface area (Å²) in [5, 5.41) is 4.94. The van der Waals surface area contributed by atoms with Crippen LogP contribution in [-0.2, 0) is 4.79 Å². The summed E-state index contributed by atoms with van der Waals surface area (Å²) in [4.78, 5) is 13.3. The monoisotopic (exact) mass is 289 g/mol.